The Morgan fingerprint density at radius 3 is 2.95 bits per heavy atom. The maximum atomic E-state index is 12.1. The van der Waals surface area contributed by atoms with E-state index in [1.165, 1.54) is 0 Å². The highest BCUT2D eigenvalue weighted by Crippen LogP contribution is 2.32. The molecule has 108 valence electrons. The van der Waals surface area contributed by atoms with Crippen molar-refractivity contribution in [3.63, 3.8) is 0 Å². The van der Waals surface area contributed by atoms with Crippen LogP contribution >= 0.6 is 0 Å². The topological polar surface area (TPSA) is 142 Å². The van der Waals surface area contributed by atoms with Gasteiger partial charge in [-0.2, -0.15) is 13.5 Å². The second-order valence-electron chi connectivity index (χ2n) is 3.82. The molecule has 4 N–H and O–H groups in total. The quantitative estimate of drug-likeness (QED) is 0.325. The van der Waals surface area contributed by atoms with E-state index in [1.54, 1.807) is 5.43 Å². The number of amides is 2. The van der Waals surface area contributed by atoms with Crippen molar-refractivity contribution in [3.8, 4) is 0 Å². The van der Waals surface area contributed by atoms with Gasteiger partial charge in [-0.15, -0.1) is 0 Å². The molecule has 0 spiro atoms. The molecule has 2 amide bonds. The standard InChI is InChI=1S/C10H12N4O5S/c1-14-4-9(20(17,18)19)5-2-6(12-13-10(11)16)8(15)3-7(5)14/h2-3,9H,4H2,1H3,(H3,11,13,16)(H,17,18,19)/b12-6-/i2D,3D,4D,9D. The lowest BCUT2D eigenvalue weighted by Gasteiger charge is -2.15. The third kappa shape index (κ3) is 2.56. The van der Waals surface area contributed by atoms with Crippen molar-refractivity contribution in [2.75, 3.05) is 13.6 Å². The first-order valence-corrected chi connectivity index (χ1v) is 6.52. The van der Waals surface area contributed by atoms with Crippen LogP contribution in [0.25, 0.3) is 0 Å². The number of carbonyl (C=O) groups is 2. The number of nitrogens with zero attached hydrogens (tertiary/aromatic N) is 2. The summed E-state index contributed by atoms with van der Waals surface area (Å²) < 4.78 is 64.4. The van der Waals surface area contributed by atoms with Gasteiger partial charge in [-0.1, -0.05) is 0 Å². The molecule has 0 aromatic heterocycles. The van der Waals surface area contributed by atoms with Gasteiger partial charge < -0.3 is 10.6 Å². The molecule has 20 heavy (non-hydrogen) atoms. The summed E-state index contributed by atoms with van der Waals surface area (Å²) in [5.41, 5.74) is 4.44. The first-order chi connectivity index (χ1) is 10.9. The average Bonchev–Trinajstić information content (AvgIpc) is 2.66. The maximum Gasteiger partial charge on any atom is 0.332 e. The minimum Gasteiger partial charge on any atom is -0.372 e. The van der Waals surface area contributed by atoms with Crippen molar-refractivity contribution < 1.29 is 28.0 Å². The summed E-state index contributed by atoms with van der Waals surface area (Å²) in [6.07, 6.45) is 0. The molecular formula is C10H12N4O5S. The predicted molar refractivity (Wildman–Crippen MR) is 69.3 cm³/mol. The Morgan fingerprint density at radius 2 is 2.40 bits per heavy atom. The van der Waals surface area contributed by atoms with Crippen molar-refractivity contribution in [3.05, 3.63) is 23.4 Å². The molecule has 2 atom stereocenters. The average molecular weight is 304 g/mol. The second kappa shape index (κ2) is 4.72. The molecule has 1 fully saturated rings. The fourth-order valence-electron chi connectivity index (χ4n) is 1.60. The largest absolute Gasteiger partial charge is 0.372 e. The Kier molecular flexibility index (Phi) is 2.28. The molecule has 0 saturated carbocycles. The molecule has 0 radical (unpaired) electrons. The number of carbonyl (C=O) groups excluding carboxylic acids is 2. The molecule has 2 unspecified atom stereocenters. The smallest absolute Gasteiger partial charge is 0.332 e. The number of nitrogens with two attached hydrogens (primary N) is 1. The number of hydrogen-bond acceptors (Lipinski definition) is 6. The number of allylic oxidation sites excluding steroid dienone is 3. The Morgan fingerprint density at radius 1 is 1.75 bits per heavy atom. The van der Waals surface area contributed by atoms with Gasteiger partial charge in [0.2, 0.25) is 5.78 Å². The van der Waals surface area contributed by atoms with Crippen LogP contribution in [0.2, 0.25) is 0 Å². The number of nitrogens with one attached hydrogen (secondary N) is 1. The SMILES string of the molecule is [2H]C1=C2C(=C([2H])/C(=N/NC(N)=O)C1=O)C([2H])(S(=O)(=O)O)C([2H])N2C. The molecule has 1 saturated heterocycles. The van der Waals surface area contributed by atoms with Gasteiger partial charge in [0, 0.05) is 30.9 Å². The number of likely N-dealkylation sites (N-methyl/N-ethyl adjacent to an activating group) is 1. The van der Waals surface area contributed by atoms with Crippen molar-refractivity contribution in [1.82, 2.24) is 10.3 Å². The molecule has 10 heteroatoms. The summed E-state index contributed by atoms with van der Waals surface area (Å²) in [5.74, 6) is -1.13. The number of hydrogen-bond donors (Lipinski definition) is 3. The lowest BCUT2D eigenvalue weighted by Crippen LogP contribution is -2.29. The molecule has 1 heterocycles. The summed E-state index contributed by atoms with van der Waals surface area (Å²) in [5, 5.41) is 0.224. The molecule has 0 aromatic rings. The number of ketones is 1. The van der Waals surface area contributed by atoms with E-state index in [9.17, 15) is 22.6 Å². The monoisotopic (exact) mass is 304 g/mol. The van der Waals surface area contributed by atoms with E-state index in [-0.39, 0.29) is 0 Å². The molecule has 1 aliphatic heterocycles. The summed E-state index contributed by atoms with van der Waals surface area (Å²) in [6, 6.07) is -2.92. The second-order valence-corrected chi connectivity index (χ2v) is 5.21. The lowest BCUT2D eigenvalue weighted by atomic mass is 10.0. The summed E-state index contributed by atoms with van der Waals surface area (Å²) in [7, 11) is -4.07. The van der Waals surface area contributed by atoms with Crippen LogP contribution in [0, 0.1) is 0 Å². The number of likely N-dealkylation sites (tertiary alicyclic amines) is 1. The number of urea groups is 1. The number of hydrazone groups is 1. The highest BCUT2D eigenvalue weighted by atomic mass is 32.2. The Labute approximate surface area is 120 Å². The number of primary amides is 1. The van der Waals surface area contributed by atoms with Gasteiger partial charge >= 0.3 is 6.03 Å². The molecule has 9 nitrogen and oxygen atoms in total. The highest BCUT2D eigenvalue weighted by Gasteiger charge is 2.40. The van der Waals surface area contributed by atoms with Crippen molar-refractivity contribution in [2.45, 2.75) is 5.23 Å². The van der Waals surface area contributed by atoms with Gasteiger partial charge in [-0.05, 0) is 6.05 Å². The van der Waals surface area contributed by atoms with E-state index in [4.69, 9.17) is 11.2 Å². The highest BCUT2D eigenvalue weighted by molar-refractivity contribution is 7.86. The van der Waals surface area contributed by atoms with Gasteiger partial charge in [0.05, 0.1) is 5.48 Å². The van der Waals surface area contributed by atoms with Crippen molar-refractivity contribution in [2.24, 2.45) is 10.8 Å². The van der Waals surface area contributed by atoms with E-state index in [2.05, 4.69) is 5.10 Å². The van der Waals surface area contributed by atoms with Crippen LogP contribution in [-0.4, -0.2) is 54.2 Å². The maximum absolute atomic E-state index is 12.1. The molecule has 0 aromatic carbocycles. The third-order valence-electron chi connectivity index (χ3n) is 2.39. The van der Waals surface area contributed by atoms with Crippen LogP contribution < -0.4 is 11.2 Å². The minimum absolute atomic E-state index is 0.448. The van der Waals surface area contributed by atoms with Gasteiger partial charge in [-0.3, -0.25) is 9.35 Å². The molecule has 0 bridgehead atoms. The van der Waals surface area contributed by atoms with E-state index in [0.717, 1.165) is 11.9 Å². The van der Waals surface area contributed by atoms with Crippen LogP contribution in [0.3, 0.4) is 0 Å². The number of rotatable bonds is 2. The lowest BCUT2D eigenvalue weighted by molar-refractivity contribution is -0.109. The van der Waals surface area contributed by atoms with Crippen molar-refractivity contribution >= 4 is 27.6 Å². The zero-order chi connectivity index (χ0) is 18.6. The predicted octanol–water partition coefficient (Wildman–Crippen LogP) is -1.39. The Bertz CT molecular complexity index is 851. The molecule has 2 aliphatic rings. The van der Waals surface area contributed by atoms with Crippen LogP contribution in [-0.2, 0) is 14.9 Å². The van der Waals surface area contributed by atoms with Gasteiger partial charge in [0.25, 0.3) is 10.1 Å². The summed E-state index contributed by atoms with van der Waals surface area (Å²) >= 11 is 0. The Balaban J connectivity index is 2.85. The molecule has 1 aliphatic carbocycles. The van der Waals surface area contributed by atoms with Crippen LogP contribution in [0.1, 0.15) is 5.48 Å². The molecular weight excluding hydrogens is 288 g/mol. The van der Waals surface area contributed by atoms with E-state index in [0.29, 0.717) is 0 Å². The van der Waals surface area contributed by atoms with Crippen molar-refractivity contribution in [1.29, 1.82) is 0 Å². The van der Waals surface area contributed by atoms with Gasteiger partial charge in [0.15, 0.2) is 0 Å². The van der Waals surface area contributed by atoms with Crippen LogP contribution in [0.5, 0.6) is 0 Å². The molecule has 2 rings (SSSR count). The Hall–Kier alpha value is -2.20. The third-order valence-corrected chi connectivity index (χ3v) is 3.26. The van der Waals surface area contributed by atoms with E-state index >= 15 is 0 Å². The van der Waals surface area contributed by atoms with E-state index < -0.39 is 62.8 Å². The fraction of sp³-hybridized carbons (Fsp3) is 0.300. The first kappa shape index (κ1) is 9.66. The van der Waals surface area contributed by atoms with Gasteiger partial charge in [-0.25, -0.2) is 10.2 Å². The van der Waals surface area contributed by atoms with Gasteiger partial charge in [0.1, 0.15) is 10.9 Å². The van der Waals surface area contributed by atoms with Crippen LogP contribution in [0.4, 0.5) is 4.79 Å². The minimum atomic E-state index is -5.22. The summed E-state index contributed by atoms with van der Waals surface area (Å²) in [6.45, 7) is -1.94. The zero-order valence-corrected chi connectivity index (χ0v) is 10.9. The number of fused-ring (bicyclic) bond motifs is 1. The summed E-state index contributed by atoms with van der Waals surface area (Å²) in [4.78, 5) is 23.6. The van der Waals surface area contributed by atoms with Crippen LogP contribution in [0.15, 0.2) is 28.5 Å². The van der Waals surface area contributed by atoms with E-state index in [1.807, 2.05) is 0 Å². The first-order valence-electron chi connectivity index (χ1n) is 7.16. The zero-order valence-electron chi connectivity index (χ0n) is 14.0. The fourth-order valence-corrected chi connectivity index (χ4v) is 2.29. The normalized spacial score (nSPS) is 35.5.